The minimum absolute atomic E-state index is 0.157. The molecule has 1 aromatic carbocycles. The molecule has 1 aliphatic heterocycles. The number of aromatic nitrogens is 1. The second-order valence-corrected chi connectivity index (χ2v) is 5.95. The molecule has 0 spiro atoms. The minimum atomic E-state index is -0.289. The first-order valence-corrected chi connectivity index (χ1v) is 8.63. The summed E-state index contributed by atoms with van der Waals surface area (Å²) in [6.07, 6.45) is 1.41. The van der Waals surface area contributed by atoms with Crippen molar-refractivity contribution in [1.29, 1.82) is 0 Å². The second kappa shape index (κ2) is 8.62. The molecule has 3 rings (SSSR count). The third-order valence-corrected chi connectivity index (χ3v) is 4.13. The Hall–Kier alpha value is -2.67. The largest absolute Gasteiger partial charge is 0.478 e. The highest BCUT2D eigenvalue weighted by Gasteiger charge is 2.25. The van der Waals surface area contributed by atoms with Crippen molar-refractivity contribution in [3.05, 3.63) is 59.5 Å². The first-order valence-electron chi connectivity index (χ1n) is 8.63. The molecule has 6 nitrogen and oxygen atoms in total. The van der Waals surface area contributed by atoms with Crippen LogP contribution in [-0.4, -0.2) is 42.2 Å². The molecule has 0 aliphatic carbocycles. The van der Waals surface area contributed by atoms with Crippen molar-refractivity contribution in [2.75, 3.05) is 26.3 Å². The van der Waals surface area contributed by atoms with Gasteiger partial charge in [0.05, 0.1) is 19.8 Å². The predicted octanol–water partition coefficient (Wildman–Crippen LogP) is 2.90. The van der Waals surface area contributed by atoms with E-state index in [0.717, 1.165) is 11.1 Å². The number of halogens is 1. The van der Waals surface area contributed by atoms with Gasteiger partial charge in [0, 0.05) is 25.4 Å². The highest BCUT2D eigenvalue weighted by atomic mass is 19.1. The van der Waals surface area contributed by atoms with Crippen LogP contribution < -0.4 is 10.1 Å². The first kappa shape index (κ1) is 18.1. The average molecular weight is 359 g/mol. The molecule has 2 amide bonds. The van der Waals surface area contributed by atoms with Gasteiger partial charge >= 0.3 is 6.03 Å². The Morgan fingerprint density at radius 2 is 2.19 bits per heavy atom. The Kier molecular flexibility index (Phi) is 6.01. The van der Waals surface area contributed by atoms with Gasteiger partial charge < -0.3 is 19.7 Å². The highest BCUT2D eigenvalue weighted by Crippen LogP contribution is 2.22. The van der Waals surface area contributed by atoms with Crippen LogP contribution in [0.1, 0.15) is 24.2 Å². The molecule has 26 heavy (non-hydrogen) atoms. The Morgan fingerprint density at radius 3 is 2.96 bits per heavy atom. The second-order valence-electron chi connectivity index (χ2n) is 5.95. The summed E-state index contributed by atoms with van der Waals surface area (Å²) in [5, 5.41) is 2.91. The highest BCUT2D eigenvalue weighted by molar-refractivity contribution is 5.74. The molecule has 0 radical (unpaired) electrons. The molecule has 1 unspecified atom stereocenters. The topological polar surface area (TPSA) is 63.7 Å². The summed E-state index contributed by atoms with van der Waals surface area (Å²) in [6.45, 7) is 4.22. The Labute approximate surface area is 151 Å². The molecule has 2 heterocycles. The number of urea groups is 1. The zero-order valence-corrected chi connectivity index (χ0v) is 14.7. The average Bonchev–Trinajstić information content (AvgIpc) is 2.67. The van der Waals surface area contributed by atoms with E-state index in [9.17, 15) is 9.18 Å². The third-order valence-electron chi connectivity index (χ3n) is 4.13. The van der Waals surface area contributed by atoms with Crippen molar-refractivity contribution < 1.29 is 18.7 Å². The lowest BCUT2D eigenvalue weighted by molar-refractivity contribution is -0.0155. The number of amides is 2. The molecule has 1 aromatic heterocycles. The smallest absolute Gasteiger partial charge is 0.317 e. The number of nitrogens with zero attached hydrogens (tertiary/aromatic N) is 2. The van der Waals surface area contributed by atoms with Gasteiger partial charge in [-0.15, -0.1) is 0 Å². The molecule has 1 atom stereocenters. The standard InChI is InChI=1S/C19H22FN3O3/c1-2-25-18-11-14(7-8-21-18)12-22-19(24)23-9-10-26-17(13-23)15-3-5-16(20)6-4-15/h3-8,11,17H,2,9-10,12-13H2,1H3,(H,22,24). The number of morpholine rings is 1. The Balaban J connectivity index is 1.55. The number of hydrogen-bond donors (Lipinski definition) is 1. The van der Waals surface area contributed by atoms with E-state index < -0.39 is 0 Å². The molecule has 0 bridgehead atoms. The maximum Gasteiger partial charge on any atom is 0.317 e. The van der Waals surface area contributed by atoms with E-state index in [1.165, 1.54) is 12.1 Å². The quantitative estimate of drug-likeness (QED) is 0.892. The fourth-order valence-corrected chi connectivity index (χ4v) is 2.79. The molecule has 7 heteroatoms. The summed E-state index contributed by atoms with van der Waals surface area (Å²) in [5.41, 5.74) is 1.78. The summed E-state index contributed by atoms with van der Waals surface area (Å²) in [6, 6.07) is 9.67. The number of benzene rings is 1. The van der Waals surface area contributed by atoms with Crippen molar-refractivity contribution in [3.63, 3.8) is 0 Å². The van der Waals surface area contributed by atoms with E-state index in [-0.39, 0.29) is 18.0 Å². The van der Waals surface area contributed by atoms with Crippen LogP contribution in [0.4, 0.5) is 9.18 Å². The van der Waals surface area contributed by atoms with Crippen LogP contribution in [-0.2, 0) is 11.3 Å². The normalized spacial score (nSPS) is 17.0. The van der Waals surface area contributed by atoms with Gasteiger partial charge in [-0.2, -0.15) is 0 Å². The summed E-state index contributed by atoms with van der Waals surface area (Å²) >= 11 is 0. The van der Waals surface area contributed by atoms with Crippen LogP contribution in [0.5, 0.6) is 5.88 Å². The molecular weight excluding hydrogens is 337 g/mol. The Bertz CT molecular complexity index is 739. The van der Waals surface area contributed by atoms with Crippen molar-refractivity contribution in [2.24, 2.45) is 0 Å². The van der Waals surface area contributed by atoms with Gasteiger partial charge in [0.2, 0.25) is 5.88 Å². The first-order chi connectivity index (χ1) is 12.7. The number of carbonyl (C=O) groups excluding carboxylic acids is 1. The van der Waals surface area contributed by atoms with Crippen molar-refractivity contribution >= 4 is 6.03 Å². The molecular formula is C19H22FN3O3. The maximum absolute atomic E-state index is 13.1. The van der Waals surface area contributed by atoms with Crippen LogP contribution in [0.2, 0.25) is 0 Å². The molecule has 1 aliphatic rings. The van der Waals surface area contributed by atoms with E-state index in [0.29, 0.717) is 38.7 Å². The third kappa shape index (κ3) is 4.70. The van der Waals surface area contributed by atoms with Crippen LogP contribution >= 0.6 is 0 Å². The van der Waals surface area contributed by atoms with Crippen LogP contribution in [0.3, 0.4) is 0 Å². The fraction of sp³-hybridized carbons (Fsp3) is 0.368. The van der Waals surface area contributed by atoms with E-state index in [1.807, 2.05) is 19.1 Å². The molecule has 1 saturated heterocycles. The molecule has 138 valence electrons. The lowest BCUT2D eigenvalue weighted by atomic mass is 10.1. The number of hydrogen-bond acceptors (Lipinski definition) is 4. The lowest BCUT2D eigenvalue weighted by Gasteiger charge is -2.33. The monoisotopic (exact) mass is 359 g/mol. The SMILES string of the molecule is CCOc1cc(CNC(=O)N2CCOC(c3ccc(F)cc3)C2)ccn1. The molecule has 1 N–H and O–H groups in total. The number of rotatable bonds is 5. The molecule has 0 saturated carbocycles. The Morgan fingerprint density at radius 1 is 1.38 bits per heavy atom. The van der Waals surface area contributed by atoms with Gasteiger partial charge in [0.1, 0.15) is 11.9 Å². The summed E-state index contributed by atoms with van der Waals surface area (Å²) in [7, 11) is 0. The molecule has 1 fully saturated rings. The minimum Gasteiger partial charge on any atom is -0.478 e. The molecule has 2 aromatic rings. The van der Waals surface area contributed by atoms with Gasteiger partial charge in [-0.05, 0) is 36.2 Å². The van der Waals surface area contributed by atoms with E-state index >= 15 is 0 Å². The van der Waals surface area contributed by atoms with E-state index in [2.05, 4.69) is 10.3 Å². The van der Waals surface area contributed by atoms with Crippen LogP contribution in [0.15, 0.2) is 42.6 Å². The van der Waals surface area contributed by atoms with Crippen LogP contribution in [0, 0.1) is 5.82 Å². The van der Waals surface area contributed by atoms with Gasteiger partial charge in [0.15, 0.2) is 0 Å². The van der Waals surface area contributed by atoms with Crippen molar-refractivity contribution in [1.82, 2.24) is 15.2 Å². The van der Waals surface area contributed by atoms with Gasteiger partial charge in [-0.3, -0.25) is 0 Å². The maximum atomic E-state index is 13.1. The van der Waals surface area contributed by atoms with E-state index in [1.54, 1.807) is 23.2 Å². The summed E-state index contributed by atoms with van der Waals surface area (Å²) in [4.78, 5) is 18.3. The van der Waals surface area contributed by atoms with Gasteiger partial charge in [0.25, 0.3) is 0 Å². The fourth-order valence-electron chi connectivity index (χ4n) is 2.79. The van der Waals surface area contributed by atoms with Gasteiger partial charge in [-0.25, -0.2) is 14.2 Å². The summed E-state index contributed by atoms with van der Waals surface area (Å²) in [5.74, 6) is 0.255. The van der Waals surface area contributed by atoms with E-state index in [4.69, 9.17) is 9.47 Å². The van der Waals surface area contributed by atoms with Crippen LogP contribution in [0.25, 0.3) is 0 Å². The van der Waals surface area contributed by atoms with Gasteiger partial charge in [-0.1, -0.05) is 12.1 Å². The predicted molar refractivity (Wildman–Crippen MR) is 94.3 cm³/mol. The number of ether oxygens (including phenoxy) is 2. The zero-order valence-electron chi connectivity index (χ0n) is 14.7. The summed E-state index contributed by atoms with van der Waals surface area (Å²) < 4.78 is 24.2. The number of nitrogens with one attached hydrogen (secondary N) is 1. The zero-order chi connectivity index (χ0) is 18.4. The van der Waals surface area contributed by atoms with Crippen molar-refractivity contribution in [2.45, 2.75) is 19.6 Å². The lowest BCUT2D eigenvalue weighted by Crippen LogP contribution is -2.46. The number of pyridine rings is 1. The van der Waals surface area contributed by atoms with Crippen molar-refractivity contribution in [3.8, 4) is 5.88 Å². The number of carbonyl (C=O) groups is 1.